The zero-order valence-electron chi connectivity index (χ0n) is 19.5. The van der Waals surface area contributed by atoms with Gasteiger partial charge in [-0.2, -0.15) is 4.98 Å². The van der Waals surface area contributed by atoms with Crippen LogP contribution >= 0.6 is 0 Å². The molecule has 170 valence electrons. The third-order valence-electron chi connectivity index (χ3n) is 5.33. The van der Waals surface area contributed by atoms with Crippen LogP contribution in [0.2, 0.25) is 0 Å². The van der Waals surface area contributed by atoms with Crippen molar-refractivity contribution in [3.63, 3.8) is 0 Å². The molecule has 3 heterocycles. The zero-order valence-corrected chi connectivity index (χ0v) is 19.5. The maximum absolute atomic E-state index is 5.52. The van der Waals surface area contributed by atoms with Gasteiger partial charge in [-0.25, -0.2) is 9.98 Å². The maximum atomic E-state index is 5.52. The summed E-state index contributed by atoms with van der Waals surface area (Å²) in [5, 5.41) is 3.62. The van der Waals surface area contributed by atoms with Crippen LogP contribution in [0.15, 0.2) is 35.1 Å². The summed E-state index contributed by atoms with van der Waals surface area (Å²) in [5.74, 6) is 1.48. The topological polar surface area (TPSA) is 75.1 Å². The van der Waals surface area contributed by atoms with Crippen LogP contribution in [-0.2, 0) is 0 Å². The average Bonchev–Trinajstić information content (AvgIpc) is 3.05. The Bertz CT molecular complexity index is 822. The molecule has 1 saturated heterocycles. The number of methoxy groups -OCH3 is 2. The molecule has 1 aliphatic carbocycles. The Kier molecular flexibility index (Phi) is 8.14. The minimum absolute atomic E-state index is 0.204. The summed E-state index contributed by atoms with van der Waals surface area (Å²) < 4.78 is 10.7. The highest BCUT2D eigenvalue weighted by Gasteiger charge is 2.43. The van der Waals surface area contributed by atoms with Crippen molar-refractivity contribution in [1.82, 2.24) is 20.2 Å². The monoisotopic (exact) mass is 428 g/mol. The first-order valence-corrected chi connectivity index (χ1v) is 11.4. The highest BCUT2D eigenvalue weighted by molar-refractivity contribution is 5.99. The molecule has 31 heavy (non-hydrogen) atoms. The molecule has 0 bridgehead atoms. The summed E-state index contributed by atoms with van der Waals surface area (Å²) >= 11 is 0. The number of aliphatic imine (C=N–C) groups is 1. The molecule has 1 N–H and O–H groups in total. The van der Waals surface area contributed by atoms with E-state index in [4.69, 9.17) is 14.5 Å². The van der Waals surface area contributed by atoms with Crippen molar-refractivity contribution in [1.29, 1.82) is 0 Å². The maximum Gasteiger partial charge on any atom is 0.319 e. The van der Waals surface area contributed by atoms with Crippen molar-refractivity contribution >= 4 is 11.6 Å². The van der Waals surface area contributed by atoms with Crippen molar-refractivity contribution in [3.05, 3.63) is 30.1 Å². The predicted octanol–water partition coefficient (Wildman–Crippen LogP) is 3.37. The van der Waals surface area contributed by atoms with E-state index < -0.39 is 0 Å². The molecule has 8 heteroatoms. The number of aromatic nitrogens is 2. The summed E-state index contributed by atoms with van der Waals surface area (Å²) in [7, 11) is 3.17. The average molecular weight is 429 g/mol. The second-order valence-electron chi connectivity index (χ2n) is 7.81. The Morgan fingerprint density at radius 3 is 2.68 bits per heavy atom. The molecule has 2 aliphatic heterocycles. The van der Waals surface area contributed by atoms with Gasteiger partial charge in [-0.1, -0.05) is 39.3 Å². The van der Waals surface area contributed by atoms with Crippen LogP contribution < -0.4 is 19.7 Å². The number of guanidine groups is 1. The van der Waals surface area contributed by atoms with E-state index in [9.17, 15) is 0 Å². The summed E-state index contributed by atoms with van der Waals surface area (Å²) in [6.07, 6.45) is 12.6. The molecule has 0 aromatic carbocycles. The molecule has 2 atom stereocenters. The Morgan fingerprint density at radius 1 is 1.16 bits per heavy atom. The van der Waals surface area contributed by atoms with Gasteiger partial charge in [-0.15, -0.1) is 0 Å². The minimum atomic E-state index is 0.204. The number of nitrogens with zero attached hydrogens (tertiary/aromatic N) is 5. The number of hydrogen-bond donors (Lipinski definition) is 1. The fourth-order valence-corrected chi connectivity index (χ4v) is 4.07. The van der Waals surface area contributed by atoms with Crippen molar-refractivity contribution in [2.45, 2.75) is 58.5 Å². The largest absolute Gasteiger partial charge is 0.479 e. The molecule has 1 fully saturated rings. The quantitative estimate of drug-likeness (QED) is 0.744. The Morgan fingerprint density at radius 2 is 1.97 bits per heavy atom. The Labute approximate surface area is 186 Å². The van der Waals surface area contributed by atoms with Gasteiger partial charge in [0.05, 0.1) is 32.5 Å². The smallest absolute Gasteiger partial charge is 0.319 e. The van der Waals surface area contributed by atoms with E-state index in [0.717, 1.165) is 50.5 Å². The number of nitrogens with one attached hydrogen (secondary N) is 1. The second-order valence-corrected chi connectivity index (χ2v) is 7.81. The summed E-state index contributed by atoms with van der Waals surface area (Å²) in [6.45, 7) is 9.25. The molecule has 3 aliphatic rings. The zero-order chi connectivity index (χ0) is 22.2. The van der Waals surface area contributed by atoms with Crippen LogP contribution in [-0.4, -0.2) is 66.8 Å². The number of allylic oxidation sites excluding steroid dienone is 2. The first-order valence-electron chi connectivity index (χ1n) is 11.4. The van der Waals surface area contributed by atoms with E-state index in [1.54, 1.807) is 20.4 Å². The van der Waals surface area contributed by atoms with Gasteiger partial charge in [0.2, 0.25) is 11.8 Å². The Hall–Kier alpha value is -2.77. The van der Waals surface area contributed by atoms with Gasteiger partial charge in [0.25, 0.3) is 0 Å². The lowest BCUT2D eigenvalue weighted by molar-refractivity contribution is 0.308. The Balaban J connectivity index is 0.000000858. The third kappa shape index (κ3) is 4.94. The van der Waals surface area contributed by atoms with Gasteiger partial charge >= 0.3 is 6.01 Å². The molecule has 0 spiro atoms. The van der Waals surface area contributed by atoms with E-state index >= 15 is 0 Å². The lowest BCUT2D eigenvalue weighted by Gasteiger charge is -2.40. The van der Waals surface area contributed by atoms with Crippen molar-refractivity contribution < 1.29 is 9.47 Å². The lowest BCUT2D eigenvalue weighted by atomic mass is 10.0. The van der Waals surface area contributed by atoms with Gasteiger partial charge < -0.3 is 24.6 Å². The van der Waals surface area contributed by atoms with E-state index in [-0.39, 0.29) is 12.1 Å². The van der Waals surface area contributed by atoms with Crippen molar-refractivity contribution in [3.8, 4) is 11.9 Å². The number of rotatable bonds is 6. The first kappa shape index (κ1) is 22.9. The molecule has 4 rings (SSSR count). The highest BCUT2D eigenvalue weighted by Crippen LogP contribution is 2.35. The van der Waals surface area contributed by atoms with E-state index in [2.05, 4.69) is 64.1 Å². The molecule has 1 aromatic rings. The molecule has 0 amide bonds. The van der Waals surface area contributed by atoms with Gasteiger partial charge in [0.15, 0.2) is 0 Å². The fourth-order valence-electron chi connectivity index (χ4n) is 4.07. The standard InChI is InChI=1S/C20H28N6O2.C3H8/c1-4-10-21-14-8-5-6-9-15-17(14)26-12-7-11-25(20(26)23-15)16-13-22-19(28-3)24-18(16)27-2;1-3-2/h5-6,8,13,15,17,21H,4,7,9-12H2,1-3H3;3H2,1-2H3. The lowest BCUT2D eigenvalue weighted by Crippen LogP contribution is -2.54. The molecule has 0 radical (unpaired) electrons. The fraction of sp³-hybridized carbons (Fsp3) is 0.609. The van der Waals surface area contributed by atoms with Gasteiger partial charge in [0.1, 0.15) is 5.69 Å². The summed E-state index contributed by atoms with van der Waals surface area (Å²) in [6, 6.07) is 0.742. The van der Waals surface area contributed by atoms with Crippen LogP contribution in [0.5, 0.6) is 11.9 Å². The molecule has 0 saturated carbocycles. The number of fused-ring (bicyclic) bond motifs is 3. The normalized spacial score (nSPS) is 21.7. The predicted molar refractivity (Wildman–Crippen MR) is 125 cm³/mol. The molecule has 8 nitrogen and oxygen atoms in total. The van der Waals surface area contributed by atoms with Gasteiger partial charge in [0, 0.05) is 25.3 Å². The van der Waals surface area contributed by atoms with Gasteiger partial charge in [-0.05, 0) is 25.3 Å². The van der Waals surface area contributed by atoms with Crippen LogP contribution in [0.3, 0.4) is 0 Å². The van der Waals surface area contributed by atoms with Crippen LogP contribution in [0.4, 0.5) is 5.69 Å². The van der Waals surface area contributed by atoms with Crippen LogP contribution in [0.1, 0.15) is 46.5 Å². The molecular weight excluding hydrogens is 392 g/mol. The number of anilines is 1. The number of hydrogen-bond acceptors (Lipinski definition) is 8. The van der Waals surface area contributed by atoms with E-state index in [1.165, 1.54) is 12.1 Å². The SMILES string of the molecule is CCC.CCCNC1=CC=CCC2N=C3N(c4cnc(OC)nc4OC)CCCN3C12. The van der Waals surface area contributed by atoms with Crippen LogP contribution in [0, 0.1) is 0 Å². The molecular formula is C23H36N6O2. The van der Waals surface area contributed by atoms with Crippen molar-refractivity contribution in [2.75, 3.05) is 38.8 Å². The van der Waals surface area contributed by atoms with Crippen molar-refractivity contribution in [2.24, 2.45) is 4.99 Å². The second kappa shape index (κ2) is 11.0. The van der Waals surface area contributed by atoms with E-state index in [1.807, 2.05) is 0 Å². The minimum Gasteiger partial charge on any atom is -0.479 e. The summed E-state index contributed by atoms with van der Waals surface area (Å²) in [4.78, 5) is 18.4. The highest BCUT2D eigenvalue weighted by atomic mass is 16.5. The molecule has 2 unspecified atom stereocenters. The number of ether oxygens (including phenoxy) is 2. The third-order valence-corrected chi connectivity index (χ3v) is 5.33. The van der Waals surface area contributed by atoms with E-state index in [0.29, 0.717) is 11.9 Å². The first-order chi connectivity index (χ1) is 15.2. The summed E-state index contributed by atoms with van der Waals surface area (Å²) in [5.41, 5.74) is 2.07. The van der Waals surface area contributed by atoms with Crippen LogP contribution in [0.25, 0.3) is 0 Å². The van der Waals surface area contributed by atoms with Gasteiger partial charge in [-0.3, -0.25) is 0 Å². The molecule has 1 aromatic heterocycles.